The van der Waals surface area contributed by atoms with Gasteiger partial charge >= 0.3 is 0 Å². The van der Waals surface area contributed by atoms with Crippen LogP contribution in [0.2, 0.25) is 0 Å². The molecule has 0 saturated carbocycles. The molecule has 1 unspecified atom stereocenters. The zero-order valence-corrected chi connectivity index (χ0v) is 17.0. The topological polar surface area (TPSA) is 40.5 Å². The van der Waals surface area contributed by atoms with E-state index in [1.807, 2.05) is 35.2 Å². The van der Waals surface area contributed by atoms with Gasteiger partial charge in [-0.1, -0.05) is 51.1 Å². The number of hydrogen-bond donors (Lipinski definition) is 1. The summed E-state index contributed by atoms with van der Waals surface area (Å²) in [6, 6.07) is 14.5. The van der Waals surface area contributed by atoms with Crippen molar-refractivity contribution in [3.8, 4) is 0 Å². The Morgan fingerprint density at radius 3 is 2.43 bits per heavy atom. The molecule has 1 fully saturated rings. The molecular formula is C24H30FNO2. The standard InChI is InChI=1S/C24H30FNO2/c1-23(2,3)20-11-9-18(10-12-20)22(28)26-14-6-13-24(16-26,17-27)15-19-7-4-5-8-21(19)25/h4-5,7-12,27H,6,13-17H2,1-3H3. The van der Waals surface area contributed by atoms with Gasteiger partial charge in [-0.2, -0.15) is 0 Å². The fraction of sp³-hybridized carbons (Fsp3) is 0.458. The smallest absolute Gasteiger partial charge is 0.253 e. The van der Waals surface area contributed by atoms with Gasteiger partial charge in [0.15, 0.2) is 0 Å². The van der Waals surface area contributed by atoms with Crippen molar-refractivity contribution >= 4 is 5.91 Å². The molecule has 0 spiro atoms. The lowest BCUT2D eigenvalue weighted by Crippen LogP contribution is -2.49. The summed E-state index contributed by atoms with van der Waals surface area (Å²) in [7, 11) is 0. The van der Waals surface area contributed by atoms with Gasteiger partial charge in [0.1, 0.15) is 5.82 Å². The number of carbonyl (C=O) groups is 1. The fourth-order valence-electron chi connectivity index (χ4n) is 4.05. The molecule has 0 radical (unpaired) electrons. The number of amides is 1. The van der Waals surface area contributed by atoms with Gasteiger partial charge < -0.3 is 10.0 Å². The Bertz CT molecular complexity index is 825. The van der Waals surface area contributed by atoms with Gasteiger partial charge in [0.2, 0.25) is 0 Å². The Kier molecular flexibility index (Phi) is 5.90. The Morgan fingerprint density at radius 1 is 1.14 bits per heavy atom. The highest BCUT2D eigenvalue weighted by atomic mass is 19.1. The number of aliphatic hydroxyl groups is 1. The summed E-state index contributed by atoms with van der Waals surface area (Å²) in [5.41, 5.74) is 1.99. The quantitative estimate of drug-likeness (QED) is 0.839. The minimum Gasteiger partial charge on any atom is -0.396 e. The van der Waals surface area contributed by atoms with Gasteiger partial charge in [0.25, 0.3) is 5.91 Å². The molecule has 0 bridgehead atoms. The van der Waals surface area contributed by atoms with Gasteiger partial charge in [-0.3, -0.25) is 4.79 Å². The Morgan fingerprint density at radius 2 is 1.82 bits per heavy atom. The molecular weight excluding hydrogens is 353 g/mol. The number of aliphatic hydroxyl groups excluding tert-OH is 1. The van der Waals surface area contributed by atoms with Crippen LogP contribution in [0, 0.1) is 11.2 Å². The van der Waals surface area contributed by atoms with Gasteiger partial charge in [0, 0.05) is 24.1 Å². The van der Waals surface area contributed by atoms with E-state index in [0.29, 0.717) is 30.6 Å². The summed E-state index contributed by atoms with van der Waals surface area (Å²) in [6.45, 7) is 7.48. The minimum atomic E-state index is -0.499. The molecule has 3 rings (SSSR count). The lowest BCUT2D eigenvalue weighted by atomic mass is 9.75. The van der Waals surface area contributed by atoms with Crippen molar-refractivity contribution < 1.29 is 14.3 Å². The van der Waals surface area contributed by atoms with Crippen molar-refractivity contribution in [1.82, 2.24) is 4.90 Å². The van der Waals surface area contributed by atoms with E-state index in [-0.39, 0.29) is 23.7 Å². The molecule has 3 nitrogen and oxygen atoms in total. The van der Waals surface area contributed by atoms with Crippen LogP contribution in [0.4, 0.5) is 4.39 Å². The molecule has 0 aromatic heterocycles. The maximum absolute atomic E-state index is 14.1. The van der Waals surface area contributed by atoms with Crippen molar-refractivity contribution in [2.75, 3.05) is 19.7 Å². The minimum absolute atomic E-state index is 0.0217. The molecule has 1 N–H and O–H groups in total. The largest absolute Gasteiger partial charge is 0.396 e. The molecule has 28 heavy (non-hydrogen) atoms. The second-order valence-corrected chi connectivity index (χ2v) is 9.08. The number of benzene rings is 2. The zero-order valence-electron chi connectivity index (χ0n) is 17.0. The average molecular weight is 384 g/mol. The van der Waals surface area contributed by atoms with E-state index in [0.717, 1.165) is 12.8 Å². The number of carbonyl (C=O) groups excluding carboxylic acids is 1. The maximum Gasteiger partial charge on any atom is 0.253 e. The van der Waals surface area contributed by atoms with E-state index < -0.39 is 5.41 Å². The van der Waals surface area contributed by atoms with E-state index in [2.05, 4.69) is 20.8 Å². The third-order valence-electron chi connectivity index (χ3n) is 5.81. The van der Waals surface area contributed by atoms with Crippen molar-refractivity contribution in [3.63, 3.8) is 0 Å². The number of likely N-dealkylation sites (tertiary alicyclic amines) is 1. The third kappa shape index (κ3) is 4.44. The monoisotopic (exact) mass is 383 g/mol. The van der Waals surface area contributed by atoms with Crippen molar-refractivity contribution in [1.29, 1.82) is 0 Å². The summed E-state index contributed by atoms with van der Waals surface area (Å²) in [6.07, 6.45) is 2.02. The van der Waals surface area contributed by atoms with Crippen LogP contribution in [-0.2, 0) is 11.8 Å². The number of halogens is 1. The van der Waals surface area contributed by atoms with Crippen LogP contribution >= 0.6 is 0 Å². The van der Waals surface area contributed by atoms with Crippen LogP contribution < -0.4 is 0 Å². The molecule has 1 amide bonds. The first kappa shape index (κ1) is 20.5. The maximum atomic E-state index is 14.1. The molecule has 0 aliphatic carbocycles. The van der Waals surface area contributed by atoms with E-state index in [1.54, 1.807) is 12.1 Å². The zero-order chi connectivity index (χ0) is 20.4. The van der Waals surface area contributed by atoms with Crippen LogP contribution in [0.15, 0.2) is 48.5 Å². The van der Waals surface area contributed by atoms with E-state index in [1.165, 1.54) is 11.6 Å². The number of rotatable bonds is 4. The normalized spacial score (nSPS) is 20.2. The van der Waals surface area contributed by atoms with Crippen LogP contribution in [0.3, 0.4) is 0 Å². The lowest BCUT2D eigenvalue weighted by molar-refractivity contribution is 0.0268. The summed E-state index contributed by atoms with van der Waals surface area (Å²) < 4.78 is 14.1. The molecule has 4 heteroatoms. The second kappa shape index (κ2) is 8.04. The van der Waals surface area contributed by atoms with Crippen molar-refractivity contribution in [3.05, 3.63) is 71.0 Å². The highest BCUT2D eigenvalue weighted by Crippen LogP contribution is 2.35. The van der Waals surface area contributed by atoms with Crippen LogP contribution in [0.5, 0.6) is 0 Å². The molecule has 1 saturated heterocycles. The first-order chi connectivity index (χ1) is 13.2. The van der Waals surface area contributed by atoms with Crippen LogP contribution in [0.1, 0.15) is 55.1 Å². The number of hydrogen-bond acceptors (Lipinski definition) is 2. The van der Waals surface area contributed by atoms with Crippen LogP contribution in [0.25, 0.3) is 0 Å². The molecule has 2 aromatic rings. The van der Waals surface area contributed by atoms with Crippen LogP contribution in [-0.4, -0.2) is 35.6 Å². The Balaban J connectivity index is 1.77. The van der Waals surface area contributed by atoms with E-state index in [4.69, 9.17) is 0 Å². The van der Waals surface area contributed by atoms with Gasteiger partial charge in [0.05, 0.1) is 6.61 Å². The van der Waals surface area contributed by atoms with E-state index >= 15 is 0 Å². The third-order valence-corrected chi connectivity index (χ3v) is 5.81. The molecule has 1 heterocycles. The van der Waals surface area contributed by atoms with Gasteiger partial charge in [-0.15, -0.1) is 0 Å². The predicted molar refractivity (Wildman–Crippen MR) is 110 cm³/mol. The first-order valence-electron chi connectivity index (χ1n) is 9.98. The Labute approximate surface area is 167 Å². The summed E-state index contributed by atoms with van der Waals surface area (Å²) in [5, 5.41) is 10.1. The molecule has 150 valence electrons. The van der Waals surface area contributed by atoms with Crippen molar-refractivity contribution in [2.24, 2.45) is 5.41 Å². The van der Waals surface area contributed by atoms with E-state index in [9.17, 15) is 14.3 Å². The van der Waals surface area contributed by atoms with Gasteiger partial charge in [-0.05, 0) is 54.0 Å². The predicted octanol–water partition coefficient (Wildman–Crippen LogP) is 4.58. The second-order valence-electron chi connectivity index (χ2n) is 9.08. The molecule has 1 aliphatic heterocycles. The SMILES string of the molecule is CC(C)(C)c1ccc(C(=O)N2CCCC(CO)(Cc3ccccc3F)C2)cc1. The summed E-state index contributed by atoms with van der Waals surface area (Å²) in [5.74, 6) is -0.275. The summed E-state index contributed by atoms with van der Waals surface area (Å²) >= 11 is 0. The molecule has 1 aliphatic rings. The average Bonchev–Trinajstić information content (AvgIpc) is 2.69. The Hall–Kier alpha value is -2.20. The molecule has 2 aromatic carbocycles. The number of piperidine rings is 1. The van der Waals surface area contributed by atoms with Gasteiger partial charge in [-0.25, -0.2) is 4.39 Å². The number of nitrogens with zero attached hydrogens (tertiary/aromatic N) is 1. The lowest BCUT2D eigenvalue weighted by Gasteiger charge is -2.42. The highest BCUT2D eigenvalue weighted by Gasteiger charge is 2.37. The molecule has 1 atom stereocenters. The van der Waals surface area contributed by atoms with Crippen molar-refractivity contribution in [2.45, 2.75) is 45.4 Å². The fourth-order valence-corrected chi connectivity index (χ4v) is 4.05. The highest BCUT2D eigenvalue weighted by molar-refractivity contribution is 5.94. The summed E-state index contributed by atoms with van der Waals surface area (Å²) in [4.78, 5) is 14.9. The first-order valence-corrected chi connectivity index (χ1v) is 9.98.